The second kappa shape index (κ2) is 6.45. The summed E-state index contributed by atoms with van der Waals surface area (Å²) >= 11 is 0. The Labute approximate surface area is 137 Å². The molecule has 0 spiro atoms. The van der Waals surface area contributed by atoms with Gasteiger partial charge >= 0.3 is 12.0 Å². The molecule has 8 nitrogen and oxygen atoms in total. The van der Waals surface area contributed by atoms with E-state index >= 15 is 0 Å². The summed E-state index contributed by atoms with van der Waals surface area (Å²) in [5.74, 6) is -0.0398. The fraction of sp³-hybridized carbons (Fsp3) is 0.188. The molecule has 0 saturated carbocycles. The highest BCUT2D eigenvalue weighted by molar-refractivity contribution is 6.07. The molecule has 0 fully saturated rings. The van der Waals surface area contributed by atoms with Crippen LogP contribution < -0.4 is 10.6 Å². The number of nitrogens with one attached hydrogen (secondary N) is 4. The third-order valence-electron chi connectivity index (χ3n) is 3.59. The highest BCUT2D eigenvalue weighted by Crippen LogP contribution is 2.24. The maximum atomic E-state index is 12.1. The molecule has 24 heavy (non-hydrogen) atoms. The van der Waals surface area contributed by atoms with Crippen molar-refractivity contribution in [1.82, 2.24) is 15.2 Å². The number of esters is 1. The number of ether oxygens (including phenoxy) is 1. The third-order valence-corrected chi connectivity index (χ3v) is 3.59. The number of hydrogen-bond acceptors (Lipinski definition) is 4. The van der Waals surface area contributed by atoms with E-state index in [9.17, 15) is 9.59 Å². The van der Waals surface area contributed by atoms with Crippen LogP contribution in [0.4, 0.5) is 16.3 Å². The molecular weight excluding hydrogens is 310 g/mol. The van der Waals surface area contributed by atoms with E-state index in [0.717, 1.165) is 23.0 Å². The van der Waals surface area contributed by atoms with Crippen LogP contribution >= 0.6 is 0 Å². The van der Waals surface area contributed by atoms with Gasteiger partial charge in [-0.1, -0.05) is 6.92 Å². The molecule has 2 aromatic heterocycles. The third kappa shape index (κ3) is 3.07. The van der Waals surface area contributed by atoms with Crippen LogP contribution in [-0.4, -0.2) is 34.3 Å². The van der Waals surface area contributed by atoms with Crippen LogP contribution in [0.5, 0.6) is 0 Å². The number of nitrogens with zero attached hydrogens (tertiary/aromatic N) is 1. The molecule has 124 valence electrons. The van der Waals surface area contributed by atoms with Gasteiger partial charge in [0.2, 0.25) is 0 Å². The number of urea groups is 1. The van der Waals surface area contributed by atoms with E-state index in [4.69, 9.17) is 4.74 Å². The zero-order valence-electron chi connectivity index (χ0n) is 13.3. The van der Waals surface area contributed by atoms with Gasteiger partial charge in [0, 0.05) is 34.5 Å². The zero-order chi connectivity index (χ0) is 17.1. The van der Waals surface area contributed by atoms with E-state index in [-0.39, 0.29) is 0 Å². The Morgan fingerprint density at radius 3 is 2.79 bits per heavy atom. The molecule has 4 N–H and O–H groups in total. The normalized spacial score (nSPS) is 10.6. The lowest BCUT2D eigenvalue weighted by Gasteiger charge is -2.08. The number of hydrogen-bond donors (Lipinski definition) is 4. The minimum Gasteiger partial charge on any atom is -0.465 e. The fourth-order valence-electron chi connectivity index (χ4n) is 2.40. The average Bonchev–Trinajstić information content (AvgIpc) is 3.22. The molecule has 8 heteroatoms. The van der Waals surface area contributed by atoms with Crippen LogP contribution in [-0.2, 0) is 11.2 Å². The molecular formula is C16H17N5O3. The number of rotatable bonds is 4. The molecule has 0 aliphatic carbocycles. The Hall–Kier alpha value is -3.29. The average molecular weight is 327 g/mol. The minimum atomic E-state index is -0.469. The van der Waals surface area contributed by atoms with Gasteiger partial charge in [-0.15, -0.1) is 0 Å². The molecule has 0 atom stereocenters. The summed E-state index contributed by atoms with van der Waals surface area (Å²) < 4.78 is 4.79. The monoisotopic (exact) mass is 327 g/mol. The Balaban J connectivity index is 1.81. The first-order valence-corrected chi connectivity index (χ1v) is 7.42. The van der Waals surface area contributed by atoms with Crippen LogP contribution in [0.1, 0.15) is 23.0 Å². The summed E-state index contributed by atoms with van der Waals surface area (Å²) in [5, 5.41) is 12.9. The van der Waals surface area contributed by atoms with Crippen LogP contribution in [0.2, 0.25) is 0 Å². The molecule has 3 rings (SSSR count). The summed E-state index contributed by atoms with van der Waals surface area (Å²) in [4.78, 5) is 27.0. The molecule has 0 aliphatic rings. The van der Waals surface area contributed by atoms with Crippen molar-refractivity contribution in [3.63, 3.8) is 0 Å². The van der Waals surface area contributed by atoms with Gasteiger partial charge in [-0.05, 0) is 24.6 Å². The molecule has 0 bridgehead atoms. The number of aromatic amines is 2. The first-order chi connectivity index (χ1) is 11.6. The van der Waals surface area contributed by atoms with Gasteiger partial charge in [-0.25, -0.2) is 9.59 Å². The molecule has 2 heterocycles. The van der Waals surface area contributed by atoms with Gasteiger partial charge in [-0.3, -0.25) is 10.4 Å². The lowest BCUT2D eigenvalue weighted by atomic mass is 10.1. The van der Waals surface area contributed by atoms with E-state index in [1.807, 2.05) is 6.92 Å². The largest absolute Gasteiger partial charge is 0.465 e. The van der Waals surface area contributed by atoms with Gasteiger partial charge in [0.1, 0.15) is 0 Å². The van der Waals surface area contributed by atoms with Crippen molar-refractivity contribution in [1.29, 1.82) is 0 Å². The second-order valence-corrected chi connectivity index (χ2v) is 5.17. The van der Waals surface area contributed by atoms with Crippen LogP contribution in [0.25, 0.3) is 10.9 Å². The number of aromatic nitrogens is 3. The summed E-state index contributed by atoms with van der Waals surface area (Å²) in [6.45, 7) is 1.98. The van der Waals surface area contributed by atoms with Crippen molar-refractivity contribution in [2.75, 3.05) is 17.7 Å². The van der Waals surface area contributed by atoms with Crippen molar-refractivity contribution in [2.24, 2.45) is 0 Å². The van der Waals surface area contributed by atoms with Crippen LogP contribution in [0.15, 0.2) is 30.5 Å². The number of benzene rings is 1. The summed E-state index contributed by atoms with van der Waals surface area (Å²) in [6.07, 6.45) is 2.51. The Morgan fingerprint density at radius 1 is 1.25 bits per heavy atom. The van der Waals surface area contributed by atoms with E-state index < -0.39 is 12.0 Å². The van der Waals surface area contributed by atoms with Crippen molar-refractivity contribution in [2.45, 2.75) is 13.3 Å². The van der Waals surface area contributed by atoms with Crippen molar-refractivity contribution >= 4 is 34.4 Å². The first kappa shape index (κ1) is 15.6. The van der Waals surface area contributed by atoms with Crippen molar-refractivity contribution in [3.8, 4) is 0 Å². The number of carbonyl (C=O) groups is 2. The van der Waals surface area contributed by atoms with Crippen molar-refractivity contribution in [3.05, 3.63) is 41.7 Å². The summed E-state index contributed by atoms with van der Waals surface area (Å²) in [6, 6.07) is 6.40. The van der Waals surface area contributed by atoms with Gasteiger partial charge < -0.3 is 15.0 Å². The Morgan fingerprint density at radius 2 is 2.08 bits per heavy atom. The molecule has 2 amide bonds. The fourth-order valence-corrected chi connectivity index (χ4v) is 2.40. The lowest BCUT2D eigenvalue weighted by Crippen LogP contribution is -2.20. The van der Waals surface area contributed by atoms with Gasteiger partial charge in [0.25, 0.3) is 0 Å². The highest BCUT2D eigenvalue weighted by Gasteiger charge is 2.14. The van der Waals surface area contributed by atoms with E-state index in [0.29, 0.717) is 17.1 Å². The Bertz CT molecular complexity index is 896. The standard InChI is InChI=1S/C16H17N5O3/c1-3-9-8-14(21-20-9)19-16(23)18-10-6-12(15(22)24-2)11-4-5-17-13(11)7-10/h4-8,17H,3H2,1-2H3,(H3,18,19,20,21,23). The molecule has 0 unspecified atom stereocenters. The molecule has 1 aromatic carbocycles. The molecule has 0 radical (unpaired) electrons. The zero-order valence-corrected chi connectivity index (χ0v) is 13.3. The molecule has 3 aromatic rings. The second-order valence-electron chi connectivity index (χ2n) is 5.17. The maximum Gasteiger partial charge on any atom is 0.338 e. The maximum absolute atomic E-state index is 12.1. The molecule has 0 saturated heterocycles. The Kier molecular flexibility index (Phi) is 4.19. The molecule has 0 aliphatic heterocycles. The van der Waals surface area contributed by atoms with E-state index in [1.54, 1.807) is 30.5 Å². The first-order valence-electron chi connectivity index (χ1n) is 7.42. The number of methoxy groups -OCH3 is 1. The SMILES string of the molecule is CCc1cc(NC(=O)Nc2cc(C(=O)OC)c3cc[nH]c3c2)n[nH]1. The lowest BCUT2D eigenvalue weighted by molar-refractivity contribution is 0.0603. The topological polar surface area (TPSA) is 112 Å². The quantitative estimate of drug-likeness (QED) is 0.552. The van der Waals surface area contributed by atoms with Gasteiger partial charge in [0.05, 0.1) is 12.7 Å². The number of carbonyl (C=O) groups excluding carboxylic acids is 2. The van der Waals surface area contributed by atoms with Crippen LogP contribution in [0, 0.1) is 0 Å². The predicted octanol–water partition coefficient (Wildman–Crippen LogP) is 2.88. The highest BCUT2D eigenvalue weighted by atomic mass is 16.5. The number of amides is 2. The number of aryl methyl sites for hydroxylation is 1. The summed E-state index contributed by atoms with van der Waals surface area (Å²) in [5.41, 5.74) is 2.49. The minimum absolute atomic E-state index is 0.375. The predicted molar refractivity (Wildman–Crippen MR) is 90.2 cm³/mol. The van der Waals surface area contributed by atoms with Crippen molar-refractivity contribution < 1.29 is 14.3 Å². The number of fused-ring (bicyclic) bond motifs is 1. The van der Waals surface area contributed by atoms with Crippen LogP contribution in [0.3, 0.4) is 0 Å². The summed E-state index contributed by atoms with van der Waals surface area (Å²) in [7, 11) is 1.32. The van der Waals surface area contributed by atoms with Gasteiger partial charge in [0.15, 0.2) is 5.82 Å². The van der Waals surface area contributed by atoms with Gasteiger partial charge in [-0.2, -0.15) is 5.10 Å². The van der Waals surface area contributed by atoms with E-state index in [2.05, 4.69) is 25.8 Å². The number of H-pyrrole nitrogens is 2. The number of anilines is 2. The van der Waals surface area contributed by atoms with E-state index in [1.165, 1.54) is 7.11 Å². The smallest absolute Gasteiger partial charge is 0.338 e.